The molecule has 2 aromatic rings. The highest BCUT2D eigenvalue weighted by Crippen LogP contribution is 2.07. The van der Waals surface area contributed by atoms with Gasteiger partial charge in [0.25, 0.3) is 5.56 Å². The van der Waals surface area contributed by atoms with Gasteiger partial charge in [-0.25, -0.2) is 0 Å². The zero-order valence-corrected chi connectivity index (χ0v) is 12.1. The van der Waals surface area contributed by atoms with E-state index in [0.29, 0.717) is 11.0 Å². The van der Waals surface area contributed by atoms with Gasteiger partial charge in [0.05, 0.1) is 5.52 Å². The fraction of sp³-hybridized carbons (Fsp3) is 0.385. The number of nitrogens with one attached hydrogen (secondary N) is 1. The Morgan fingerprint density at radius 3 is 2.22 bits per heavy atom. The summed E-state index contributed by atoms with van der Waals surface area (Å²) in [5.41, 5.74) is 0.331. The molecule has 1 N–H and O–H groups in total. The number of hydrogen-bond acceptors (Lipinski definition) is 2. The molecule has 0 atom stereocenters. The van der Waals surface area contributed by atoms with Crippen LogP contribution in [0, 0.1) is 0 Å². The number of hydrogen-bond donors (Lipinski definition) is 1. The first-order valence-electron chi connectivity index (χ1n) is 5.98. The molecule has 4 nitrogen and oxygen atoms in total. The number of aryl methyl sites for hydroxylation is 1. The van der Waals surface area contributed by atoms with Gasteiger partial charge in [0.2, 0.25) is 5.43 Å². The van der Waals surface area contributed by atoms with E-state index in [-0.39, 0.29) is 16.0 Å². The lowest BCUT2D eigenvalue weighted by molar-refractivity contribution is 0.899. The van der Waals surface area contributed by atoms with E-state index in [2.05, 4.69) is 4.98 Å². The largest absolute Gasteiger partial charge is 0.358 e. The highest BCUT2D eigenvalue weighted by atomic mass is 35.5. The molecule has 0 bridgehead atoms. The monoisotopic (exact) mass is 270 g/mol. The number of halogens is 1. The molecule has 2 aromatic heterocycles. The number of aromatic amines is 1. The van der Waals surface area contributed by atoms with Crippen LogP contribution in [0.3, 0.4) is 0 Å². The Kier molecular flexibility index (Phi) is 7.05. The predicted octanol–water partition coefficient (Wildman–Crippen LogP) is 2.93. The number of fused-ring (bicyclic) bond motifs is 1. The summed E-state index contributed by atoms with van der Waals surface area (Å²) < 4.78 is 1.28. The second kappa shape index (κ2) is 7.71. The number of pyridine rings is 2. The van der Waals surface area contributed by atoms with Gasteiger partial charge in [-0.15, -0.1) is 0 Å². The van der Waals surface area contributed by atoms with Crippen LogP contribution in [0.1, 0.15) is 27.7 Å². The Balaban J connectivity index is 0.000000659. The van der Waals surface area contributed by atoms with Crippen LogP contribution < -0.4 is 11.0 Å². The van der Waals surface area contributed by atoms with Crippen LogP contribution in [0.15, 0.2) is 27.9 Å². The first-order chi connectivity index (χ1) is 8.61. The lowest BCUT2D eigenvalue weighted by Crippen LogP contribution is -2.21. The first kappa shape index (κ1) is 16.4. The van der Waals surface area contributed by atoms with Crippen molar-refractivity contribution in [1.82, 2.24) is 9.55 Å². The maximum Gasteiger partial charge on any atom is 0.250 e. The van der Waals surface area contributed by atoms with E-state index in [0.717, 1.165) is 0 Å². The average molecular weight is 271 g/mol. The molecule has 100 valence electrons. The third-order valence-corrected chi connectivity index (χ3v) is 2.38. The van der Waals surface area contributed by atoms with Gasteiger partial charge in [-0.05, 0) is 6.07 Å². The molecule has 0 unspecified atom stereocenters. The van der Waals surface area contributed by atoms with Crippen molar-refractivity contribution in [2.24, 2.45) is 7.05 Å². The molecule has 0 amide bonds. The molecule has 2 heterocycles. The molecular formula is C13H19ClN2O2. The molecule has 2 rings (SSSR count). The zero-order chi connectivity index (χ0) is 14.3. The Hall–Kier alpha value is -1.55. The average Bonchev–Trinajstić information content (AvgIpc) is 2.42. The second-order valence-electron chi connectivity index (χ2n) is 2.96. The van der Waals surface area contributed by atoms with Crippen molar-refractivity contribution >= 4 is 22.6 Å². The Labute approximate surface area is 111 Å². The molecule has 0 radical (unpaired) electrons. The summed E-state index contributed by atoms with van der Waals surface area (Å²) in [4.78, 5) is 25.7. The van der Waals surface area contributed by atoms with Crippen LogP contribution in [0.4, 0.5) is 0 Å². The van der Waals surface area contributed by atoms with Gasteiger partial charge in [0.15, 0.2) is 0 Å². The highest BCUT2D eigenvalue weighted by molar-refractivity contribution is 6.30. The molecule has 18 heavy (non-hydrogen) atoms. The maximum atomic E-state index is 11.6. The molecular weight excluding hydrogens is 252 g/mol. The second-order valence-corrected chi connectivity index (χ2v) is 3.37. The number of aromatic nitrogens is 2. The topological polar surface area (TPSA) is 54.9 Å². The van der Waals surface area contributed by atoms with Crippen molar-refractivity contribution in [3.05, 3.63) is 43.9 Å². The Bertz CT molecular complexity index is 614. The smallest absolute Gasteiger partial charge is 0.250 e. The van der Waals surface area contributed by atoms with Gasteiger partial charge >= 0.3 is 0 Å². The molecule has 0 aromatic carbocycles. The molecule has 0 aliphatic heterocycles. The molecule has 5 heteroatoms. The molecule has 0 fully saturated rings. The predicted molar refractivity (Wildman–Crippen MR) is 77.5 cm³/mol. The summed E-state index contributed by atoms with van der Waals surface area (Å²) in [5.74, 6) is 0. The van der Waals surface area contributed by atoms with Crippen LogP contribution in [0.25, 0.3) is 11.0 Å². The fourth-order valence-corrected chi connectivity index (χ4v) is 1.49. The van der Waals surface area contributed by atoms with Gasteiger partial charge in [-0.2, -0.15) is 0 Å². The first-order valence-corrected chi connectivity index (χ1v) is 6.36. The van der Waals surface area contributed by atoms with E-state index in [4.69, 9.17) is 11.6 Å². The SMILES string of the molecule is CC.CC.Cn1c(=O)ccc2[nH]cc(Cl)c(=O)c21. The van der Waals surface area contributed by atoms with Crippen molar-refractivity contribution in [2.75, 3.05) is 0 Å². The van der Waals surface area contributed by atoms with E-state index >= 15 is 0 Å². The van der Waals surface area contributed by atoms with Crippen molar-refractivity contribution in [3.8, 4) is 0 Å². The Morgan fingerprint density at radius 2 is 1.67 bits per heavy atom. The Morgan fingerprint density at radius 1 is 1.11 bits per heavy atom. The summed E-state index contributed by atoms with van der Waals surface area (Å²) in [6, 6.07) is 2.96. The maximum absolute atomic E-state index is 11.6. The summed E-state index contributed by atoms with van der Waals surface area (Å²) >= 11 is 5.65. The summed E-state index contributed by atoms with van der Waals surface area (Å²) in [6.07, 6.45) is 1.41. The van der Waals surface area contributed by atoms with Crippen LogP contribution in [-0.4, -0.2) is 9.55 Å². The number of H-pyrrole nitrogens is 1. The molecule has 0 saturated carbocycles. The molecule has 0 aliphatic rings. The zero-order valence-electron chi connectivity index (χ0n) is 11.4. The van der Waals surface area contributed by atoms with E-state index in [1.807, 2.05) is 27.7 Å². The van der Waals surface area contributed by atoms with E-state index in [1.54, 1.807) is 6.07 Å². The normalized spacial score (nSPS) is 9.00. The standard InChI is InChI=1S/C9H7ClN2O2.2C2H6/c1-12-7(13)3-2-6-8(12)9(14)5(10)4-11-6;2*1-2/h2-4H,1H3,(H,11,14);2*1-2H3. The van der Waals surface area contributed by atoms with Crippen LogP contribution in [0.5, 0.6) is 0 Å². The van der Waals surface area contributed by atoms with Gasteiger partial charge < -0.3 is 9.55 Å². The number of rotatable bonds is 0. The minimum atomic E-state index is -0.333. The minimum Gasteiger partial charge on any atom is -0.358 e. The summed E-state index contributed by atoms with van der Waals surface area (Å²) in [6.45, 7) is 8.00. The van der Waals surface area contributed by atoms with Gasteiger partial charge in [-0.3, -0.25) is 9.59 Å². The van der Waals surface area contributed by atoms with Crippen molar-refractivity contribution < 1.29 is 0 Å². The third-order valence-electron chi connectivity index (χ3n) is 2.10. The summed E-state index contributed by atoms with van der Waals surface area (Å²) in [7, 11) is 1.54. The van der Waals surface area contributed by atoms with Crippen molar-refractivity contribution in [1.29, 1.82) is 0 Å². The number of nitrogens with zero attached hydrogens (tertiary/aromatic N) is 1. The van der Waals surface area contributed by atoms with E-state index in [9.17, 15) is 9.59 Å². The molecule has 0 spiro atoms. The molecule has 0 aliphatic carbocycles. The lowest BCUT2D eigenvalue weighted by atomic mass is 10.3. The highest BCUT2D eigenvalue weighted by Gasteiger charge is 2.06. The lowest BCUT2D eigenvalue weighted by Gasteiger charge is -2.02. The quantitative estimate of drug-likeness (QED) is 0.800. The van der Waals surface area contributed by atoms with Crippen molar-refractivity contribution in [3.63, 3.8) is 0 Å². The fourth-order valence-electron chi connectivity index (χ4n) is 1.35. The van der Waals surface area contributed by atoms with Gasteiger partial charge in [-0.1, -0.05) is 39.3 Å². The van der Waals surface area contributed by atoms with Crippen LogP contribution >= 0.6 is 11.6 Å². The van der Waals surface area contributed by atoms with Crippen LogP contribution in [-0.2, 0) is 7.05 Å². The van der Waals surface area contributed by atoms with E-state index < -0.39 is 0 Å². The minimum absolute atomic E-state index is 0.0821. The van der Waals surface area contributed by atoms with Gasteiger partial charge in [0.1, 0.15) is 10.5 Å². The van der Waals surface area contributed by atoms with Crippen molar-refractivity contribution in [2.45, 2.75) is 27.7 Å². The van der Waals surface area contributed by atoms with Gasteiger partial charge in [0, 0.05) is 19.3 Å². The summed E-state index contributed by atoms with van der Waals surface area (Å²) in [5, 5.41) is 0.0821. The van der Waals surface area contributed by atoms with Crippen LogP contribution in [0.2, 0.25) is 5.02 Å². The third kappa shape index (κ3) is 3.23. The molecule has 0 saturated heterocycles. The van der Waals surface area contributed by atoms with E-state index in [1.165, 1.54) is 23.9 Å².